The van der Waals surface area contributed by atoms with Gasteiger partial charge in [-0.3, -0.25) is 24.5 Å². The first-order valence-electron chi connectivity index (χ1n) is 11.5. The molecule has 180 valence electrons. The summed E-state index contributed by atoms with van der Waals surface area (Å²) in [5.41, 5.74) is 1.07. The fraction of sp³-hybridized carbons (Fsp3) is 0.542. The molecular formula is C24H28N4O6. The van der Waals surface area contributed by atoms with Crippen molar-refractivity contribution < 1.29 is 28.7 Å². The summed E-state index contributed by atoms with van der Waals surface area (Å²) < 4.78 is 5.40. The van der Waals surface area contributed by atoms with Gasteiger partial charge in [-0.1, -0.05) is 0 Å². The van der Waals surface area contributed by atoms with Crippen molar-refractivity contribution in [1.82, 2.24) is 20.0 Å². The number of likely N-dealkylation sites (tertiary alicyclic amines) is 2. The fourth-order valence-corrected chi connectivity index (χ4v) is 5.22. The molecule has 1 atom stereocenters. The summed E-state index contributed by atoms with van der Waals surface area (Å²) in [4.78, 5) is 66.6. The third kappa shape index (κ3) is 3.80. The van der Waals surface area contributed by atoms with Crippen LogP contribution in [0, 0.1) is 5.41 Å². The Labute approximate surface area is 197 Å². The highest BCUT2D eigenvalue weighted by Gasteiger charge is 2.55. The zero-order valence-electron chi connectivity index (χ0n) is 19.6. The first-order valence-corrected chi connectivity index (χ1v) is 11.5. The minimum Gasteiger partial charge on any atom is -0.444 e. The fourth-order valence-electron chi connectivity index (χ4n) is 5.22. The van der Waals surface area contributed by atoms with Crippen LogP contribution in [-0.2, 0) is 20.9 Å². The Morgan fingerprint density at radius 3 is 2.38 bits per heavy atom. The summed E-state index contributed by atoms with van der Waals surface area (Å²) in [5.74, 6) is -1.16. The van der Waals surface area contributed by atoms with Gasteiger partial charge in [-0.15, -0.1) is 0 Å². The number of hydrogen-bond donors (Lipinski definition) is 1. The molecule has 0 saturated carbocycles. The van der Waals surface area contributed by atoms with Crippen molar-refractivity contribution in [2.24, 2.45) is 5.41 Å². The third-order valence-corrected chi connectivity index (χ3v) is 6.81. The molecule has 0 aliphatic carbocycles. The number of nitrogens with zero attached hydrogens (tertiary/aromatic N) is 3. The average molecular weight is 469 g/mol. The molecular weight excluding hydrogens is 440 g/mol. The molecule has 4 aliphatic heterocycles. The topological polar surface area (TPSA) is 116 Å². The van der Waals surface area contributed by atoms with Gasteiger partial charge in [0.1, 0.15) is 11.6 Å². The van der Waals surface area contributed by atoms with Crippen molar-refractivity contribution in [2.75, 3.05) is 26.2 Å². The smallest absolute Gasteiger partial charge is 0.410 e. The Balaban J connectivity index is 1.19. The molecule has 1 spiro atoms. The van der Waals surface area contributed by atoms with Gasteiger partial charge in [0.25, 0.3) is 11.8 Å². The van der Waals surface area contributed by atoms with Crippen molar-refractivity contribution in [3.63, 3.8) is 0 Å². The molecule has 0 bridgehead atoms. The summed E-state index contributed by atoms with van der Waals surface area (Å²) >= 11 is 0. The number of fused-ring (bicyclic) bond motifs is 1. The lowest BCUT2D eigenvalue weighted by Crippen LogP contribution is -2.73. The van der Waals surface area contributed by atoms with Crippen LogP contribution in [-0.4, -0.2) is 82.2 Å². The van der Waals surface area contributed by atoms with E-state index in [4.69, 9.17) is 4.74 Å². The summed E-state index contributed by atoms with van der Waals surface area (Å²) in [6.45, 7) is 8.02. The van der Waals surface area contributed by atoms with Gasteiger partial charge in [0.2, 0.25) is 11.8 Å². The first kappa shape index (κ1) is 22.4. The summed E-state index contributed by atoms with van der Waals surface area (Å²) in [5, 5.41) is 2.29. The number of ether oxygens (including phenoxy) is 1. The molecule has 5 amide bonds. The maximum Gasteiger partial charge on any atom is 0.410 e. The Bertz CT molecular complexity index is 1110. The monoisotopic (exact) mass is 468 g/mol. The number of rotatable bonds is 2. The molecule has 1 N–H and O–H groups in total. The second-order valence-corrected chi connectivity index (χ2v) is 10.8. The minimum atomic E-state index is -0.682. The molecule has 3 saturated heterocycles. The molecule has 4 aliphatic rings. The van der Waals surface area contributed by atoms with Crippen LogP contribution in [0.5, 0.6) is 0 Å². The number of carbonyl (C=O) groups is 5. The second kappa shape index (κ2) is 7.54. The predicted octanol–water partition coefficient (Wildman–Crippen LogP) is 1.14. The first-order chi connectivity index (χ1) is 15.9. The number of carbonyl (C=O) groups excluding carboxylic acids is 5. The van der Waals surface area contributed by atoms with Gasteiger partial charge in [0.05, 0.1) is 0 Å². The molecule has 1 aromatic rings. The number of nitrogens with one attached hydrogen (secondary N) is 1. The van der Waals surface area contributed by atoms with Gasteiger partial charge in [-0.25, -0.2) is 4.79 Å². The maximum absolute atomic E-state index is 13.0. The molecule has 4 heterocycles. The van der Waals surface area contributed by atoms with E-state index in [-0.39, 0.29) is 42.2 Å². The Morgan fingerprint density at radius 2 is 1.74 bits per heavy atom. The van der Waals surface area contributed by atoms with Crippen LogP contribution in [0.15, 0.2) is 18.2 Å². The van der Waals surface area contributed by atoms with Crippen LogP contribution < -0.4 is 5.32 Å². The van der Waals surface area contributed by atoms with Crippen LogP contribution in [0.1, 0.15) is 59.9 Å². The van der Waals surface area contributed by atoms with Crippen molar-refractivity contribution in [1.29, 1.82) is 0 Å². The quantitative estimate of drug-likeness (QED) is 0.651. The van der Waals surface area contributed by atoms with E-state index >= 15 is 0 Å². The summed E-state index contributed by atoms with van der Waals surface area (Å²) in [6, 6.07) is 4.32. The van der Waals surface area contributed by atoms with Gasteiger partial charge in [0.15, 0.2) is 0 Å². The van der Waals surface area contributed by atoms with Crippen molar-refractivity contribution in [2.45, 2.75) is 51.8 Å². The molecule has 0 radical (unpaired) electrons. The SMILES string of the molecule is CC(C)(C)OC(=O)N1CC2(C1)CN(C(=O)c1ccc3c(c1)CN(C1CCC(=O)NC1=O)C3=O)C2. The Hall–Kier alpha value is -3.43. The van der Waals surface area contributed by atoms with Crippen LogP contribution in [0.25, 0.3) is 0 Å². The molecule has 1 aromatic carbocycles. The van der Waals surface area contributed by atoms with Crippen molar-refractivity contribution in [3.05, 3.63) is 34.9 Å². The summed E-state index contributed by atoms with van der Waals surface area (Å²) in [6.07, 6.45) is 0.168. The van der Waals surface area contributed by atoms with Gasteiger partial charge in [-0.2, -0.15) is 0 Å². The largest absolute Gasteiger partial charge is 0.444 e. The van der Waals surface area contributed by atoms with Crippen LogP contribution in [0.3, 0.4) is 0 Å². The highest BCUT2D eigenvalue weighted by molar-refractivity contribution is 6.06. The van der Waals surface area contributed by atoms with E-state index in [1.165, 1.54) is 4.90 Å². The lowest BCUT2D eigenvalue weighted by Gasteiger charge is -2.59. The van der Waals surface area contributed by atoms with Crippen molar-refractivity contribution in [3.8, 4) is 0 Å². The minimum absolute atomic E-state index is 0.0676. The van der Waals surface area contributed by atoms with Gasteiger partial charge in [0, 0.05) is 55.7 Å². The van der Waals surface area contributed by atoms with Gasteiger partial charge < -0.3 is 19.4 Å². The lowest BCUT2D eigenvalue weighted by atomic mass is 9.73. The van der Waals surface area contributed by atoms with Gasteiger partial charge in [-0.05, 0) is 51.0 Å². The molecule has 10 nitrogen and oxygen atoms in total. The molecule has 0 aromatic heterocycles. The van der Waals surface area contributed by atoms with E-state index in [0.29, 0.717) is 49.3 Å². The average Bonchev–Trinajstić information content (AvgIpc) is 3.00. The second-order valence-electron chi connectivity index (χ2n) is 10.8. The molecule has 1 unspecified atom stereocenters. The van der Waals surface area contributed by atoms with E-state index in [1.54, 1.807) is 28.0 Å². The Kier molecular flexibility index (Phi) is 4.96. The number of piperidine rings is 1. The zero-order valence-corrected chi connectivity index (χ0v) is 19.6. The van der Waals surface area contributed by atoms with E-state index in [1.807, 2.05) is 20.8 Å². The molecule has 10 heteroatoms. The van der Waals surface area contributed by atoms with E-state index in [2.05, 4.69) is 5.32 Å². The van der Waals surface area contributed by atoms with E-state index in [0.717, 1.165) is 0 Å². The maximum atomic E-state index is 13.0. The molecule has 34 heavy (non-hydrogen) atoms. The van der Waals surface area contributed by atoms with Crippen LogP contribution in [0.4, 0.5) is 4.79 Å². The number of hydrogen-bond acceptors (Lipinski definition) is 6. The normalized spacial score (nSPS) is 23.3. The van der Waals surface area contributed by atoms with Crippen LogP contribution in [0.2, 0.25) is 0 Å². The standard InChI is InChI=1S/C24H28N4O6/c1-23(2,3)34-22(33)27-12-24(13-27)10-26(11-24)20(31)14-4-5-16-15(8-14)9-28(21(16)32)17-6-7-18(29)25-19(17)30/h4-5,8,17H,6-7,9-13H2,1-3H3,(H,25,29,30). The molecule has 5 rings (SSSR count). The highest BCUT2D eigenvalue weighted by Crippen LogP contribution is 2.41. The Morgan fingerprint density at radius 1 is 1.06 bits per heavy atom. The predicted molar refractivity (Wildman–Crippen MR) is 119 cm³/mol. The van der Waals surface area contributed by atoms with Crippen LogP contribution >= 0.6 is 0 Å². The third-order valence-electron chi connectivity index (χ3n) is 6.81. The highest BCUT2D eigenvalue weighted by atomic mass is 16.6. The van der Waals surface area contributed by atoms with E-state index < -0.39 is 17.6 Å². The van der Waals surface area contributed by atoms with E-state index in [9.17, 15) is 24.0 Å². The number of amides is 5. The molecule has 3 fully saturated rings. The number of benzene rings is 1. The number of imide groups is 1. The zero-order chi connectivity index (χ0) is 24.4. The van der Waals surface area contributed by atoms with Crippen molar-refractivity contribution >= 4 is 29.7 Å². The summed E-state index contributed by atoms with van der Waals surface area (Å²) in [7, 11) is 0. The van der Waals surface area contributed by atoms with Gasteiger partial charge >= 0.3 is 6.09 Å². The lowest BCUT2D eigenvalue weighted by molar-refractivity contribution is -0.136.